The van der Waals surface area contributed by atoms with E-state index in [1.807, 2.05) is 22.6 Å². The number of hydrogen-bond acceptors (Lipinski definition) is 2. The van der Waals surface area contributed by atoms with Crippen LogP contribution in [0.2, 0.25) is 0 Å². The van der Waals surface area contributed by atoms with Gasteiger partial charge in [0.1, 0.15) is 0 Å². The van der Waals surface area contributed by atoms with Crippen molar-refractivity contribution in [2.45, 2.75) is 6.18 Å². The fourth-order valence-electron chi connectivity index (χ4n) is 0.813. The lowest BCUT2D eigenvalue weighted by Crippen LogP contribution is -2.27. The van der Waals surface area contributed by atoms with E-state index in [0.29, 0.717) is 0 Å². The summed E-state index contributed by atoms with van der Waals surface area (Å²) in [5.41, 5.74) is -0.0574. The minimum atomic E-state index is -5.11. The zero-order chi connectivity index (χ0) is 12.3. The van der Waals surface area contributed by atoms with Crippen molar-refractivity contribution in [2.24, 2.45) is 4.99 Å². The van der Waals surface area contributed by atoms with Gasteiger partial charge < -0.3 is 5.11 Å². The first-order chi connectivity index (χ1) is 7.30. The van der Waals surface area contributed by atoms with Crippen molar-refractivity contribution < 1.29 is 23.1 Å². The third-order valence-corrected chi connectivity index (χ3v) is 2.26. The van der Waals surface area contributed by atoms with Crippen molar-refractivity contribution >= 4 is 34.4 Å². The van der Waals surface area contributed by atoms with E-state index in [1.165, 1.54) is 24.3 Å². The zero-order valence-corrected chi connectivity index (χ0v) is 9.74. The number of carbonyl (C=O) groups excluding carboxylic acids is 1. The van der Waals surface area contributed by atoms with Crippen molar-refractivity contribution in [1.29, 1.82) is 0 Å². The van der Waals surface area contributed by atoms with Crippen LogP contribution in [0.4, 0.5) is 13.2 Å². The maximum absolute atomic E-state index is 11.8. The molecule has 0 bridgehead atoms. The maximum atomic E-state index is 11.8. The minimum Gasteiger partial charge on any atom is -0.858 e. The molecule has 0 spiro atoms. The summed E-state index contributed by atoms with van der Waals surface area (Å²) in [5, 5.41) is 11.1. The lowest BCUT2D eigenvalue weighted by atomic mass is 10.2. The molecule has 0 fully saturated rings. The summed E-state index contributed by atoms with van der Waals surface area (Å²) in [4.78, 5) is 12.8. The van der Waals surface area contributed by atoms with Crippen LogP contribution in [-0.4, -0.2) is 18.0 Å². The summed E-state index contributed by atoms with van der Waals surface area (Å²) in [7, 11) is 0. The van der Waals surface area contributed by atoms with E-state index in [0.717, 1.165) is 3.57 Å². The Labute approximate surface area is 102 Å². The molecule has 0 aliphatic carbocycles. The Kier molecular flexibility index (Phi) is 3.89. The summed E-state index contributed by atoms with van der Waals surface area (Å²) in [6.45, 7) is 0. The molecule has 7 heteroatoms. The van der Waals surface area contributed by atoms with Crippen LogP contribution in [0.3, 0.4) is 0 Å². The summed E-state index contributed by atoms with van der Waals surface area (Å²) < 4.78 is 36.2. The number of aliphatic imine (C=N–C) groups is 1. The Balaban J connectivity index is 2.94. The van der Waals surface area contributed by atoms with Gasteiger partial charge in [0.25, 0.3) is 0 Å². The number of nitrogens with zero attached hydrogens (tertiary/aromatic N) is 1. The molecule has 0 heterocycles. The van der Waals surface area contributed by atoms with Crippen molar-refractivity contribution in [1.82, 2.24) is 0 Å². The second kappa shape index (κ2) is 4.81. The molecule has 1 aromatic carbocycles. The van der Waals surface area contributed by atoms with Crippen LogP contribution in [0, 0.1) is 3.57 Å². The highest BCUT2D eigenvalue weighted by atomic mass is 127. The predicted molar refractivity (Wildman–Crippen MR) is 56.8 cm³/mol. The average molecular weight is 342 g/mol. The SMILES string of the molecule is O=C(N=C([O-])c1ccc(I)cc1)C(F)(F)F. The van der Waals surface area contributed by atoms with E-state index in [1.54, 1.807) is 0 Å². The van der Waals surface area contributed by atoms with Gasteiger partial charge in [-0.2, -0.15) is 13.2 Å². The Morgan fingerprint density at radius 1 is 1.25 bits per heavy atom. The third kappa shape index (κ3) is 3.47. The molecular weight excluding hydrogens is 338 g/mol. The second-order valence-corrected chi connectivity index (χ2v) is 3.97. The van der Waals surface area contributed by atoms with Crippen molar-refractivity contribution in [3.63, 3.8) is 0 Å². The first-order valence-electron chi connectivity index (χ1n) is 3.93. The van der Waals surface area contributed by atoms with Crippen LogP contribution in [0.15, 0.2) is 29.3 Å². The molecule has 86 valence electrons. The quantitative estimate of drug-likeness (QED) is 0.441. The zero-order valence-electron chi connectivity index (χ0n) is 7.58. The number of hydrogen-bond donors (Lipinski definition) is 0. The summed E-state index contributed by atoms with van der Waals surface area (Å²) in [6, 6.07) is 5.66. The number of rotatable bonds is 1. The van der Waals surface area contributed by atoms with Gasteiger partial charge in [-0.15, -0.1) is 0 Å². The average Bonchev–Trinajstić information content (AvgIpc) is 2.17. The van der Waals surface area contributed by atoms with Crippen molar-refractivity contribution in [3.05, 3.63) is 33.4 Å². The largest absolute Gasteiger partial charge is 0.858 e. The van der Waals surface area contributed by atoms with Crippen LogP contribution >= 0.6 is 22.6 Å². The van der Waals surface area contributed by atoms with Gasteiger partial charge in [-0.05, 0) is 46.2 Å². The van der Waals surface area contributed by atoms with Gasteiger partial charge >= 0.3 is 12.1 Å². The molecule has 16 heavy (non-hydrogen) atoms. The van der Waals surface area contributed by atoms with Gasteiger partial charge in [0.05, 0.1) is 0 Å². The first-order valence-corrected chi connectivity index (χ1v) is 5.01. The Hall–Kier alpha value is -1.12. The molecule has 0 saturated heterocycles. The molecule has 0 unspecified atom stereocenters. The summed E-state index contributed by atoms with van der Waals surface area (Å²) >= 11 is 1.97. The van der Waals surface area contributed by atoms with Crippen molar-refractivity contribution in [3.8, 4) is 0 Å². The Morgan fingerprint density at radius 3 is 2.19 bits per heavy atom. The summed E-state index contributed by atoms with van der Waals surface area (Å²) in [6.07, 6.45) is -5.11. The van der Waals surface area contributed by atoms with Crippen LogP contribution < -0.4 is 5.11 Å². The van der Waals surface area contributed by atoms with Gasteiger partial charge in [-0.25, -0.2) is 4.99 Å². The van der Waals surface area contributed by atoms with E-state index in [4.69, 9.17) is 0 Å². The normalized spacial score (nSPS) is 12.6. The number of carbonyl (C=O) groups is 1. The van der Waals surface area contributed by atoms with Crippen LogP contribution in [0.25, 0.3) is 0 Å². The fourth-order valence-corrected chi connectivity index (χ4v) is 1.17. The molecule has 0 aliphatic heterocycles. The van der Waals surface area contributed by atoms with Gasteiger partial charge in [0.2, 0.25) is 0 Å². The standard InChI is InChI=1S/C9H5F3INO2/c10-9(11,12)8(16)14-7(15)5-1-3-6(13)4-2-5/h1-4H,(H,14,15,16)/p-1. The van der Waals surface area contributed by atoms with Crippen LogP contribution in [0.5, 0.6) is 0 Å². The van der Waals surface area contributed by atoms with Crippen LogP contribution in [0.1, 0.15) is 5.56 Å². The molecule has 0 N–H and O–H groups in total. The minimum absolute atomic E-state index is 0.0574. The topological polar surface area (TPSA) is 52.5 Å². The van der Waals surface area contributed by atoms with Gasteiger partial charge in [-0.1, -0.05) is 12.1 Å². The molecule has 0 aromatic heterocycles. The molecule has 0 atom stereocenters. The molecular formula is C9H4F3INO2-. The monoisotopic (exact) mass is 342 g/mol. The number of halogens is 4. The maximum Gasteiger partial charge on any atom is 0.473 e. The fraction of sp³-hybridized carbons (Fsp3) is 0.111. The van der Waals surface area contributed by atoms with E-state index >= 15 is 0 Å². The number of amides is 1. The third-order valence-electron chi connectivity index (χ3n) is 1.54. The van der Waals surface area contributed by atoms with Crippen LogP contribution in [-0.2, 0) is 4.79 Å². The molecule has 0 radical (unpaired) electrons. The first kappa shape index (κ1) is 12.9. The van der Waals surface area contributed by atoms with E-state index in [-0.39, 0.29) is 5.56 Å². The van der Waals surface area contributed by atoms with Gasteiger partial charge in [0.15, 0.2) is 0 Å². The van der Waals surface area contributed by atoms with E-state index in [2.05, 4.69) is 4.99 Å². The highest BCUT2D eigenvalue weighted by molar-refractivity contribution is 14.1. The summed E-state index contributed by atoms with van der Waals surface area (Å²) in [5.74, 6) is -3.59. The Morgan fingerprint density at radius 2 is 1.75 bits per heavy atom. The Bertz CT molecular complexity index is 425. The van der Waals surface area contributed by atoms with Crippen molar-refractivity contribution in [2.75, 3.05) is 0 Å². The smallest absolute Gasteiger partial charge is 0.473 e. The molecule has 1 amide bonds. The number of alkyl halides is 3. The highest BCUT2D eigenvalue weighted by Crippen LogP contribution is 2.16. The molecule has 0 saturated carbocycles. The molecule has 1 rings (SSSR count). The number of benzene rings is 1. The van der Waals surface area contributed by atoms with Gasteiger partial charge in [0, 0.05) is 3.57 Å². The predicted octanol–water partition coefficient (Wildman–Crippen LogP) is 1.49. The lowest BCUT2D eigenvalue weighted by molar-refractivity contribution is -0.214. The lowest BCUT2D eigenvalue weighted by Gasteiger charge is -2.10. The van der Waals surface area contributed by atoms with E-state index in [9.17, 15) is 23.1 Å². The van der Waals surface area contributed by atoms with E-state index < -0.39 is 18.0 Å². The second-order valence-electron chi connectivity index (χ2n) is 2.73. The van der Waals surface area contributed by atoms with Gasteiger partial charge in [-0.3, -0.25) is 4.79 Å². The highest BCUT2D eigenvalue weighted by Gasteiger charge is 2.38. The molecule has 0 aliphatic rings. The molecule has 1 aromatic rings. The molecule has 3 nitrogen and oxygen atoms in total.